The van der Waals surface area contributed by atoms with E-state index in [1.165, 1.54) is 19.2 Å². The van der Waals surface area contributed by atoms with Crippen LogP contribution in [0.2, 0.25) is 0 Å². The van der Waals surface area contributed by atoms with Crippen LogP contribution in [-0.2, 0) is 10.4 Å². The van der Waals surface area contributed by atoms with Crippen LogP contribution < -0.4 is 9.92 Å². The number of para-hydroxylation sites is 1. The van der Waals surface area contributed by atoms with Crippen LogP contribution in [0.15, 0.2) is 30.3 Å². The monoisotopic (exact) mass is 205 g/mol. The molecule has 0 bridgehead atoms. The molecule has 0 amide bonds. The lowest BCUT2D eigenvalue weighted by molar-refractivity contribution is 0.387. The molecule has 6 heteroatoms. The van der Waals surface area contributed by atoms with E-state index in [0.29, 0.717) is 0 Å². The van der Waals surface area contributed by atoms with Crippen molar-refractivity contribution in [3.05, 3.63) is 30.3 Å². The number of rotatable bonds is 2. The Morgan fingerprint density at radius 3 is 2.08 bits per heavy atom. The number of hydrogen-bond acceptors (Lipinski definition) is 4. The van der Waals surface area contributed by atoms with Gasteiger partial charge in [-0.15, -0.1) is 0 Å². The second kappa shape index (κ2) is 5.52. The molecule has 0 unspecified atom stereocenters. The Morgan fingerprint density at radius 2 is 1.69 bits per heavy atom. The van der Waals surface area contributed by atoms with E-state index in [9.17, 15) is 8.42 Å². The smallest absolute Gasteiger partial charge is 0.362 e. The van der Waals surface area contributed by atoms with E-state index in [1.807, 2.05) is 0 Å². The fourth-order valence-electron chi connectivity index (χ4n) is 0.598. The first-order valence-electron chi connectivity index (χ1n) is 3.37. The maximum absolute atomic E-state index is 10.1. The lowest BCUT2D eigenvalue weighted by Gasteiger charge is -1.98. The zero-order valence-corrected chi connectivity index (χ0v) is 7.86. The molecule has 74 valence electrons. The molecular weight excluding hydrogens is 194 g/mol. The Labute approximate surface area is 77.1 Å². The highest BCUT2D eigenvalue weighted by Gasteiger charge is 2.04. The Balaban J connectivity index is 0.000000671. The molecule has 0 saturated carbocycles. The predicted molar refractivity (Wildman–Crippen MR) is 48.7 cm³/mol. The van der Waals surface area contributed by atoms with E-state index >= 15 is 0 Å². The van der Waals surface area contributed by atoms with Crippen LogP contribution in [0.1, 0.15) is 0 Å². The summed E-state index contributed by atoms with van der Waals surface area (Å²) >= 11 is 0. The first kappa shape index (κ1) is 11.9. The van der Waals surface area contributed by atoms with Gasteiger partial charge in [-0.3, -0.25) is 4.55 Å². The average Bonchev–Trinajstić information content (AvgIpc) is 2.07. The molecule has 0 aliphatic rings. The molecule has 0 aliphatic heterocycles. The normalized spacial score (nSPS) is 9.77. The van der Waals surface area contributed by atoms with Crippen LogP contribution >= 0.6 is 0 Å². The van der Waals surface area contributed by atoms with E-state index in [-0.39, 0.29) is 5.75 Å². The molecular formula is C7H11NO4S. The van der Waals surface area contributed by atoms with Crippen molar-refractivity contribution in [3.63, 3.8) is 0 Å². The summed E-state index contributed by atoms with van der Waals surface area (Å²) < 4.78 is 32.6. The highest BCUT2D eigenvalue weighted by molar-refractivity contribution is 7.81. The van der Waals surface area contributed by atoms with Crippen molar-refractivity contribution in [2.75, 3.05) is 7.05 Å². The Kier molecular flexibility index (Phi) is 5.05. The fraction of sp³-hybridized carbons (Fsp3) is 0.143. The first-order chi connectivity index (χ1) is 6.08. The molecule has 0 atom stereocenters. The molecule has 0 radical (unpaired) electrons. The van der Waals surface area contributed by atoms with Crippen LogP contribution in [0, 0.1) is 0 Å². The molecule has 13 heavy (non-hydrogen) atoms. The van der Waals surface area contributed by atoms with Crippen molar-refractivity contribution in [1.82, 2.24) is 0 Å². The maximum Gasteiger partial charge on any atom is 0.446 e. The van der Waals surface area contributed by atoms with Gasteiger partial charge in [-0.1, -0.05) is 18.2 Å². The van der Waals surface area contributed by atoms with Crippen molar-refractivity contribution < 1.29 is 17.2 Å². The van der Waals surface area contributed by atoms with Gasteiger partial charge in [0.2, 0.25) is 0 Å². The molecule has 0 aromatic heterocycles. The van der Waals surface area contributed by atoms with Crippen molar-refractivity contribution in [3.8, 4) is 5.75 Å². The van der Waals surface area contributed by atoms with Gasteiger partial charge in [0.1, 0.15) is 5.75 Å². The van der Waals surface area contributed by atoms with Crippen molar-refractivity contribution >= 4 is 10.4 Å². The largest absolute Gasteiger partial charge is 0.446 e. The molecule has 0 heterocycles. The average molecular weight is 205 g/mol. The summed E-state index contributed by atoms with van der Waals surface area (Å²) in [5.41, 5.74) is 4.50. The Hall–Kier alpha value is -1.11. The summed E-state index contributed by atoms with van der Waals surface area (Å²) in [6, 6.07) is 7.75. The molecule has 5 nitrogen and oxygen atoms in total. The van der Waals surface area contributed by atoms with Gasteiger partial charge >= 0.3 is 10.4 Å². The molecule has 0 aliphatic carbocycles. The lowest BCUT2D eigenvalue weighted by Crippen LogP contribution is -2.06. The van der Waals surface area contributed by atoms with Crippen LogP contribution in [0.4, 0.5) is 0 Å². The van der Waals surface area contributed by atoms with Gasteiger partial charge in [-0.05, 0) is 19.2 Å². The van der Waals surface area contributed by atoms with Crippen molar-refractivity contribution in [1.29, 1.82) is 0 Å². The molecule has 3 N–H and O–H groups in total. The van der Waals surface area contributed by atoms with Gasteiger partial charge in [0.25, 0.3) is 0 Å². The number of hydrogen-bond donors (Lipinski definition) is 2. The molecule has 1 aromatic carbocycles. The van der Waals surface area contributed by atoms with E-state index in [4.69, 9.17) is 4.55 Å². The minimum Gasteiger partial charge on any atom is -0.362 e. The molecule has 0 fully saturated rings. The molecule has 0 spiro atoms. The molecule has 1 rings (SSSR count). The second-order valence-corrected chi connectivity index (χ2v) is 2.85. The standard InChI is InChI=1S/C6H6O4S.CH5N/c7-11(8,9)10-6-4-2-1-3-5-6;1-2/h1-5H,(H,7,8,9);2H2,1H3. The summed E-state index contributed by atoms with van der Waals surface area (Å²) in [5, 5.41) is 0. The highest BCUT2D eigenvalue weighted by atomic mass is 32.3. The van der Waals surface area contributed by atoms with Gasteiger partial charge in [-0.25, -0.2) is 0 Å². The van der Waals surface area contributed by atoms with Crippen LogP contribution in [-0.4, -0.2) is 20.0 Å². The lowest BCUT2D eigenvalue weighted by atomic mass is 10.3. The third kappa shape index (κ3) is 6.09. The zero-order valence-electron chi connectivity index (χ0n) is 7.04. The van der Waals surface area contributed by atoms with Crippen LogP contribution in [0.25, 0.3) is 0 Å². The topological polar surface area (TPSA) is 89.6 Å². The van der Waals surface area contributed by atoms with Gasteiger partial charge < -0.3 is 9.92 Å². The maximum atomic E-state index is 10.1. The van der Waals surface area contributed by atoms with Crippen molar-refractivity contribution in [2.45, 2.75) is 0 Å². The quantitative estimate of drug-likeness (QED) is 0.684. The van der Waals surface area contributed by atoms with E-state index in [0.717, 1.165) is 0 Å². The Bertz CT molecular complexity index is 322. The molecule has 0 saturated heterocycles. The van der Waals surface area contributed by atoms with Gasteiger partial charge in [0, 0.05) is 0 Å². The SMILES string of the molecule is CN.O=S(=O)(O)Oc1ccccc1. The van der Waals surface area contributed by atoms with E-state index < -0.39 is 10.4 Å². The third-order valence-corrected chi connectivity index (χ3v) is 1.35. The second-order valence-electron chi connectivity index (χ2n) is 1.82. The number of nitrogens with two attached hydrogens (primary N) is 1. The summed E-state index contributed by atoms with van der Waals surface area (Å²) in [6.45, 7) is 0. The fourth-order valence-corrected chi connectivity index (χ4v) is 0.952. The van der Waals surface area contributed by atoms with E-state index in [1.54, 1.807) is 18.2 Å². The summed E-state index contributed by atoms with van der Waals surface area (Å²) in [7, 11) is -2.88. The van der Waals surface area contributed by atoms with E-state index in [2.05, 4.69) is 9.92 Å². The van der Waals surface area contributed by atoms with Crippen LogP contribution in [0.3, 0.4) is 0 Å². The minimum absolute atomic E-state index is 0.0926. The Morgan fingerprint density at radius 1 is 1.23 bits per heavy atom. The molecule has 1 aromatic rings. The third-order valence-electron chi connectivity index (χ3n) is 0.945. The summed E-state index contributed by atoms with van der Waals surface area (Å²) in [6.07, 6.45) is 0. The highest BCUT2D eigenvalue weighted by Crippen LogP contribution is 2.09. The van der Waals surface area contributed by atoms with Crippen LogP contribution in [0.5, 0.6) is 5.75 Å². The number of benzene rings is 1. The summed E-state index contributed by atoms with van der Waals surface area (Å²) in [5.74, 6) is 0.0926. The predicted octanol–water partition coefficient (Wildman–Crippen LogP) is 0.443. The van der Waals surface area contributed by atoms with Gasteiger partial charge in [0.05, 0.1) is 0 Å². The van der Waals surface area contributed by atoms with Gasteiger partial charge in [0.15, 0.2) is 0 Å². The zero-order chi connectivity index (χ0) is 10.3. The van der Waals surface area contributed by atoms with Crippen molar-refractivity contribution in [2.24, 2.45) is 5.73 Å². The first-order valence-corrected chi connectivity index (χ1v) is 4.74. The van der Waals surface area contributed by atoms with Gasteiger partial charge in [-0.2, -0.15) is 8.42 Å². The minimum atomic E-state index is -4.38. The summed E-state index contributed by atoms with van der Waals surface area (Å²) in [4.78, 5) is 0.